The standard InChI is InChI=1S/C23H17FN2O2/c1-28-23(27)17-11-9-16(10-12-17)14-19(24)21-15-18-6-2-3-7-20(18)26(21)22-8-4-5-13-25-22/h2-15H,1H3/b19-14+. The van der Waals surface area contributed by atoms with Crippen LogP contribution in [-0.4, -0.2) is 22.6 Å². The van der Waals surface area contributed by atoms with E-state index < -0.39 is 11.8 Å². The fourth-order valence-corrected chi connectivity index (χ4v) is 3.12. The number of benzene rings is 2. The second-order valence-electron chi connectivity index (χ2n) is 6.22. The van der Waals surface area contributed by atoms with Gasteiger partial charge in [0.1, 0.15) is 11.6 Å². The normalized spacial score (nSPS) is 11.6. The topological polar surface area (TPSA) is 44.1 Å². The van der Waals surface area contributed by atoms with Gasteiger partial charge in [0.25, 0.3) is 0 Å². The lowest BCUT2D eigenvalue weighted by Crippen LogP contribution is -2.01. The highest BCUT2D eigenvalue weighted by molar-refractivity contribution is 5.91. The van der Waals surface area contributed by atoms with Crippen LogP contribution >= 0.6 is 0 Å². The van der Waals surface area contributed by atoms with Gasteiger partial charge >= 0.3 is 5.97 Å². The van der Waals surface area contributed by atoms with E-state index in [-0.39, 0.29) is 0 Å². The minimum absolute atomic E-state index is 0.396. The summed E-state index contributed by atoms with van der Waals surface area (Å²) in [5, 5.41) is 0.924. The summed E-state index contributed by atoms with van der Waals surface area (Å²) in [6.45, 7) is 0. The third-order valence-electron chi connectivity index (χ3n) is 4.46. The molecule has 2 aromatic carbocycles. The Kier molecular flexibility index (Phi) is 4.72. The summed E-state index contributed by atoms with van der Waals surface area (Å²) in [7, 11) is 1.33. The predicted octanol–water partition coefficient (Wildman–Crippen LogP) is 5.28. The van der Waals surface area contributed by atoms with E-state index in [2.05, 4.69) is 9.72 Å². The molecular formula is C23H17FN2O2. The highest BCUT2D eigenvalue weighted by Gasteiger charge is 2.15. The molecule has 4 rings (SSSR count). The fraction of sp³-hybridized carbons (Fsp3) is 0.0435. The Hall–Kier alpha value is -3.73. The molecule has 2 heterocycles. The molecular weight excluding hydrogens is 355 g/mol. The quantitative estimate of drug-likeness (QED) is 0.458. The molecule has 0 unspecified atom stereocenters. The van der Waals surface area contributed by atoms with Crippen molar-refractivity contribution in [2.75, 3.05) is 7.11 Å². The summed E-state index contributed by atoms with van der Waals surface area (Å²) in [5.41, 5.74) is 2.35. The number of pyridine rings is 1. The number of hydrogen-bond donors (Lipinski definition) is 0. The molecule has 0 aliphatic heterocycles. The summed E-state index contributed by atoms with van der Waals surface area (Å²) in [6, 6.07) is 21.6. The van der Waals surface area contributed by atoms with Crippen molar-refractivity contribution in [1.29, 1.82) is 0 Å². The highest BCUT2D eigenvalue weighted by Crippen LogP contribution is 2.30. The number of para-hydroxylation sites is 1. The van der Waals surface area contributed by atoms with Crippen molar-refractivity contribution in [3.63, 3.8) is 0 Å². The number of ether oxygens (including phenoxy) is 1. The van der Waals surface area contributed by atoms with E-state index in [1.165, 1.54) is 13.2 Å². The van der Waals surface area contributed by atoms with Gasteiger partial charge in [-0.3, -0.25) is 4.57 Å². The van der Waals surface area contributed by atoms with Crippen molar-refractivity contribution in [3.8, 4) is 5.82 Å². The maximum absolute atomic E-state index is 15.3. The molecule has 28 heavy (non-hydrogen) atoms. The molecule has 4 aromatic rings. The van der Waals surface area contributed by atoms with E-state index in [1.54, 1.807) is 41.1 Å². The van der Waals surface area contributed by atoms with Gasteiger partial charge in [0.15, 0.2) is 0 Å². The molecule has 0 bridgehead atoms. The molecule has 0 amide bonds. The molecule has 0 aliphatic carbocycles. The SMILES string of the molecule is COC(=O)c1ccc(/C=C(/F)c2cc3ccccc3n2-c2ccccn2)cc1. The van der Waals surface area contributed by atoms with Crippen LogP contribution in [0.3, 0.4) is 0 Å². The fourth-order valence-electron chi connectivity index (χ4n) is 3.12. The third kappa shape index (κ3) is 3.30. The largest absolute Gasteiger partial charge is 0.465 e. The van der Waals surface area contributed by atoms with Gasteiger partial charge in [-0.15, -0.1) is 0 Å². The summed E-state index contributed by atoms with van der Waals surface area (Å²) < 4.78 is 21.7. The molecule has 2 aromatic heterocycles. The smallest absolute Gasteiger partial charge is 0.337 e. The molecule has 138 valence electrons. The summed E-state index contributed by atoms with van der Waals surface area (Å²) >= 11 is 0. The van der Waals surface area contributed by atoms with E-state index in [0.29, 0.717) is 22.6 Å². The number of rotatable bonds is 4. The number of fused-ring (bicyclic) bond motifs is 1. The molecule has 0 fully saturated rings. The molecule has 0 radical (unpaired) electrons. The Morgan fingerprint density at radius 1 is 1.04 bits per heavy atom. The molecule has 0 aliphatic rings. The number of carbonyl (C=O) groups is 1. The van der Waals surface area contributed by atoms with Crippen LogP contribution in [0.5, 0.6) is 0 Å². The Labute approximate surface area is 161 Å². The Balaban J connectivity index is 1.80. The number of hydrogen-bond acceptors (Lipinski definition) is 3. The molecule has 0 saturated heterocycles. The van der Waals surface area contributed by atoms with Crippen LogP contribution in [0.1, 0.15) is 21.6 Å². The second kappa shape index (κ2) is 7.48. The molecule has 4 nitrogen and oxygen atoms in total. The minimum atomic E-state index is -0.425. The second-order valence-corrected chi connectivity index (χ2v) is 6.22. The average molecular weight is 372 g/mol. The van der Waals surface area contributed by atoms with Gasteiger partial charge < -0.3 is 4.74 Å². The Morgan fingerprint density at radius 3 is 2.50 bits per heavy atom. The zero-order valence-electron chi connectivity index (χ0n) is 15.2. The maximum atomic E-state index is 15.3. The van der Waals surface area contributed by atoms with Gasteiger partial charge in [-0.2, -0.15) is 0 Å². The first-order valence-electron chi connectivity index (χ1n) is 8.75. The molecule has 0 saturated carbocycles. The van der Waals surface area contributed by atoms with Crippen molar-refractivity contribution in [2.45, 2.75) is 0 Å². The lowest BCUT2D eigenvalue weighted by atomic mass is 10.1. The number of esters is 1. The lowest BCUT2D eigenvalue weighted by molar-refractivity contribution is 0.0600. The first-order valence-corrected chi connectivity index (χ1v) is 8.75. The van der Waals surface area contributed by atoms with Crippen LogP contribution in [0.15, 0.2) is 79.0 Å². The number of methoxy groups -OCH3 is 1. The van der Waals surface area contributed by atoms with Crippen LogP contribution in [0.2, 0.25) is 0 Å². The van der Waals surface area contributed by atoms with Gasteiger partial charge in [-0.25, -0.2) is 14.2 Å². The zero-order valence-corrected chi connectivity index (χ0v) is 15.2. The molecule has 0 spiro atoms. The number of halogens is 1. The number of aromatic nitrogens is 2. The van der Waals surface area contributed by atoms with Crippen LogP contribution in [0, 0.1) is 0 Å². The molecule has 0 atom stereocenters. The van der Waals surface area contributed by atoms with E-state index in [1.807, 2.05) is 42.5 Å². The monoisotopic (exact) mass is 372 g/mol. The van der Waals surface area contributed by atoms with Crippen molar-refractivity contribution in [2.24, 2.45) is 0 Å². The van der Waals surface area contributed by atoms with E-state index >= 15 is 4.39 Å². The first-order chi connectivity index (χ1) is 13.7. The van der Waals surface area contributed by atoms with Gasteiger partial charge in [-0.05, 0) is 48.0 Å². The number of nitrogens with zero attached hydrogens (tertiary/aromatic N) is 2. The molecule has 5 heteroatoms. The summed E-state index contributed by atoms with van der Waals surface area (Å²) in [5.74, 6) is -0.178. The van der Waals surface area contributed by atoms with Crippen molar-refractivity contribution >= 4 is 28.8 Å². The van der Waals surface area contributed by atoms with Crippen LogP contribution in [0.25, 0.3) is 28.6 Å². The zero-order chi connectivity index (χ0) is 19.5. The summed E-state index contributed by atoms with van der Waals surface area (Å²) in [4.78, 5) is 15.9. The Bertz CT molecular complexity index is 1160. The first kappa shape index (κ1) is 17.7. The van der Waals surface area contributed by atoms with Crippen molar-refractivity contribution in [3.05, 3.63) is 95.8 Å². The minimum Gasteiger partial charge on any atom is -0.465 e. The lowest BCUT2D eigenvalue weighted by Gasteiger charge is -2.09. The van der Waals surface area contributed by atoms with Gasteiger partial charge in [0.05, 0.1) is 23.9 Å². The number of carbonyl (C=O) groups excluding carboxylic acids is 1. The third-order valence-corrected chi connectivity index (χ3v) is 4.46. The summed E-state index contributed by atoms with van der Waals surface area (Å²) in [6.07, 6.45) is 3.12. The van der Waals surface area contributed by atoms with E-state index in [9.17, 15) is 4.79 Å². The van der Waals surface area contributed by atoms with Crippen molar-refractivity contribution < 1.29 is 13.9 Å². The van der Waals surface area contributed by atoms with Crippen LogP contribution in [-0.2, 0) is 4.74 Å². The van der Waals surface area contributed by atoms with E-state index in [0.717, 1.165) is 10.9 Å². The van der Waals surface area contributed by atoms with E-state index in [4.69, 9.17) is 0 Å². The maximum Gasteiger partial charge on any atom is 0.337 e. The van der Waals surface area contributed by atoms with Crippen molar-refractivity contribution in [1.82, 2.24) is 9.55 Å². The average Bonchev–Trinajstić information content (AvgIpc) is 3.14. The van der Waals surface area contributed by atoms with Crippen LogP contribution < -0.4 is 0 Å². The predicted molar refractivity (Wildman–Crippen MR) is 108 cm³/mol. The van der Waals surface area contributed by atoms with Crippen LogP contribution in [0.4, 0.5) is 4.39 Å². The highest BCUT2D eigenvalue weighted by atomic mass is 19.1. The van der Waals surface area contributed by atoms with Gasteiger partial charge in [0.2, 0.25) is 0 Å². The molecule has 0 N–H and O–H groups in total. The Morgan fingerprint density at radius 2 is 1.79 bits per heavy atom. The van der Waals surface area contributed by atoms with Gasteiger partial charge in [0, 0.05) is 11.6 Å². The van der Waals surface area contributed by atoms with Gasteiger partial charge in [-0.1, -0.05) is 36.4 Å².